The molecule has 0 aromatic carbocycles. The van der Waals surface area contributed by atoms with Crippen LogP contribution in [0.2, 0.25) is 0 Å². The van der Waals surface area contributed by atoms with Crippen molar-refractivity contribution >= 4 is 15.9 Å². The smallest absolute Gasteiger partial charge is 0.330 e. The van der Waals surface area contributed by atoms with Crippen molar-refractivity contribution in [1.82, 2.24) is 15.1 Å². The molecule has 9 heteroatoms. The lowest BCUT2D eigenvalue weighted by Crippen LogP contribution is -2.35. The zero-order chi connectivity index (χ0) is 16.0. The van der Waals surface area contributed by atoms with E-state index in [1.54, 1.807) is 10.9 Å². The van der Waals surface area contributed by atoms with Crippen molar-refractivity contribution < 1.29 is 22.3 Å². The molecule has 1 rings (SSSR count). The number of ether oxygens (including phenoxy) is 1. The molecule has 1 N–H and O–H groups in total. The number of nitrogens with one attached hydrogen (secondary N) is 1. The summed E-state index contributed by atoms with van der Waals surface area (Å²) in [6, 6.07) is -0.416. The van der Waals surface area contributed by atoms with Crippen LogP contribution in [0.5, 0.6) is 0 Å². The molecule has 0 saturated carbocycles. The maximum absolute atomic E-state index is 12.8. The van der Waals surface area contributed by atoms with E-state index in [1.165, 1.54) is 0 Å². The Morgan fingerprint density at radius 2 is 2.10 bits per heavy atom. The highest BCUT2D eigenvalue weighted by Gasteiger charge is 2.41. The molecule has 0 amide bonds. The van der Waals surface area contributed by atoms with Gasteiger partial charge < -0.3 is 10.1 Å². The first-order valence-electron chi connectivity index (χ1n) is 6.51. The SMILES string of the molecule is CCNC(COCC(F)(F)C(F)F)c1c(Br)cnn1CC. The van der Waals surface area contributed by atoms with Gasteiger partial charge in [0.05, 0.1) is 29.0 Å². The van der Waals surface area contributed by atoms with Gasteiger partial charge in [-0.05, 0) is 29.4 Å². The minimum absolute atomic E-state index is 0.152. The molecule has 1 unspecified atom stereocenters. The van der Waals surface area contributed by atoms with Crippen LogP contribution in [0, 0.1) is 0 Å². The summed E-state index contributed by atoms with van der Waals surface area (Å²) in [6.45, 7) is 3.43. The Bertz CT molecular complexity index is 442. The highest BCUT2D eigenvalue weighted by atomic mass is 79.9. The highest BCUT2D eigenvalue weighted by molar-refractivity contribution is 9.10. The van der Waals surface area contributed by atoms with Crippen LogP contribution in [-0.2, 0) is 11.3 Å². The van der Waals surface area contributed by atoms with E-state index in [2.05, 4.69) is 26.3 Å². The summed E-state index contributed by atoms with van der Waals surface area (Å²) in [6.07, 6.45) is -2.14. The highest BCUT2D eigenvalue weighted by Crippen LogP contribution is 2.26. The van der Waals surface area contributed by atoms with E-state index in [-0.39, 0.29) is 6.61 Å². The van der Waals surface area contributed by atoms with Gasteiger partial charge >= 0.3 is 12.3 Å². The normalized spacial score (nSPS) is 13.9. The quantitative estimate of drug-likeness (QED) is 0.673. The van der Waals surface area contributed by atoms with Crippen LogP contribution in [0.1, 0.15) is 25.6 Å². The zero-order valence-electron chi connectivity index (χ0n) is 11.8. The standard InChI is InChI=1S/C12H18BrF4N3O/c1-3-18-9(6-21-7-12(16,17)11(14)15)10-8(13)5-19-20(10)4-2/h5,9,11,18H,3-4,6-7H2,1-2H3. The second kappa shape index (κ2) is 8.09. The fourth-order valence-corrected chi connectivity index (χ4v) is 2.40. The van der Waals surface area contributed by atoms with Gasteiger partial charge in [0.1, 0.15) is 6.61 Å². The molecule has 1 atom stereocenters. The number of likely N-dealkylation sites (N-methyl/N-ethyl adjacent to an activating group) is 1. The van der Waals surface area contributed by atoms with Crippen LogP contribution in [0.4, 0.5) is 17.6 Å². The van der Waals surface area contributed by atoms with Crippen molar-refractivity contribution in [2.75, 3.05) is 19.8 Å². The van der Waals surface area contributed by atoms with Crippen LogP contribution >= 0.6 is 15.9 Å². The van der Waals surface area contributed by atoms with Gasteiger partial charge in [0.25, 0.3) is 0 Å². The molecule has 21 heavy (non-hydrogen) atoms. The summed E-state index contributed by atoms with van der Waals surface area (Å²) in [4.78, 5) is 0. The molecular weight excluding hydrogens is 358 g/mol. The number of hydrogen-bond acceptors (Lipinski definition) is 3. The topological polar surface area (TPSA) is 39.1 Å². The van der Waals surface area contributed by atoms with Crippen LogP contribution in [0.3, 0.4) is 0 Å². The monoisotopic (exact) mass is 375 g/mol. The van der Waals surface area contributed by atoms with Crippen molar-refractivity contribution in [3.8, 4) is 0 Å². The van der Waals surface area contributed by atoms with Gasteiger partial charge in [0, 0.05) is 6.54 Å². The summed E-state index contributed by atoms with van der Waals surface area (Å²) in [5.74, 6) is -4.14. The molecule has 0 bridgehead atoms. The second-order valence-electron chi connectivity index (χ2n) is 4.38. The Kier molecular flexibility index (Phi) is 7.08. The fraction of sp³-hybridized carbons (Fsp3) is 0.750. The second-order valence-corrected chi connectivity index (χ2v) is 5.23. The summed E-state index contributed by atoms with van der Waals surface area (Å²) in [7, 11) is 0. The molecule has 1 heterocycles. The third kappa shape index (κ3) is 4.93. The van der Waals surface area contributed by atoms with E-state index >= 15 is 0 Å². The van der Waals surface area contributed by atoms with Gasteiger partial charge in [0.2, 0.25) is 0 Å². The maximum atomic E-state index is 12.8. The van der Waals surface area contributed by atoms with Gasteiger partial charge in [0.15, 0.2) is 0 Å². The van der Waals surface area contributed by atoms with Crippen LogP contribution in [-0.4, -0.2) is 41.9 Å². The molecule has 0 aliphatic carbocycles. The van der Waals surface area contributed by atoms with Crippen molar-refractivity contribution in [2.24, 2.45) is 0 Å². The molecule has 1 aromatic rings. The van der Waals surface area contributed by atoms with Crippen molar-refractivity contribution in [3.63, 3.8) is 0 Å². The van der Waals surface area contributed by atoms with E-state index in [0.29, 0.717) is 17.6 Å². The van der Waals surface area contributed by atoms with E-state index < -0.39 is 25.0 Å². The van der Waals surface area contributed by atoms with Crippen LogP contribution < -0.4 is 5.32 Å². The van der Waals surface area contributed by atoms with Crippen molar-refractivity contribution in [1.29, 1.82) is 0 Å². The summed E-state index contributed by atoms with van der Waals surface area (Å²) in [5, 5.41) is 7.20. The number of aryl methyl sites for hydroxylation is 1. The lowest BCUT2D eigenvalue weighted by atomic mass is 10.2. The predicted octanol–water partition coefficient (Wildman–Crippen LogP) is 3.23. The van der Waals surface area contributed by atoms with Crippen molar-refractivity contribution in [2.45, 2.75) is 38.8 Å². The maximum Gasteiger partial charge on any atom is 0.330 e. The number of hydrogen-bond donors (Lipinski definition) is 1. The molecule has 1 aromatic heterocycles. The molecule has 0 spiro atoms. The molecule has 122 valence electrons. The Hall–Kier alpha value is -0.670. The molecule has 0 saturated heterocycles. The first-order chi connectivity index (χ1) is 9.83. The third-order valence-corrected chi connectivity index (χ3v) is 3.42. The first kappa shape index (κ1) is 18.4. The molecule has 0 fully saturated rings. The lowest BCUT2D eigenvalue weighted by molar-refractivity contribution is -0.167. The molecule has 0 aliphatic heterocycles. The largest absolute Gasteiger partial charge is 0.373 e. The number of halogens is 5. The Morgan fingerprint density at radius 1 is 1.43 bits per heavy atom. The molecular formula is C12H18BrF4N3O. The number of alkyl halides is 4. The number of aromatic nitrogens is 2. The van der Waals surface area contributed by atoms with Gasteiger partial charge in [-0.1, -0.05) is 6.92 Å². The van der Waals surface area contributed by atoms with Gasteiger partial charge in [-0.2, -0.15) is 13.9 Å². The summed E-state index contributed by atoms with van der Waals surface area (Å²) in [5.41, 5.74) is 0.736. The molecule has 4 nitrogen and oxygen atoms in total. The average molecular weight is 376 g/mol. The lowest BCUT2D eigenvalue weighted by Gasteiger charge is -2.21. The van der Waals surface area contributed by atoms with E-state index in [0.717, 1.165) is 5.69 Å². The minimum Gasteiger partial charge on any atom is -0.373 e. The van der Waals surface area contributed by atoms with E-state index in [4.69, 9.17) is 4.74 Å². The summed E-state index contributed by atoms with van der Waals surface area (Å²) >= 11 is 3.34. The van der Waals surface area contributed by atoms with E-state index in [1.807, 2.05) is 13.8 Å². The van der Waals surface area contributed by atoms with Crippen LogP contribution in [0.25, 0.3) is 0 Å². The third-order valence-electron chi connectivity index (χ3n) is 2.81. The Balaban J connectivity index is 2.72. The number of rotatable bonds is 9. The van der Waals surface area contributed by atoms with E-state index in [9.17, 15) is 17.6 Å². The fourth-order valence-electron chi connectivity index (χ4n) is 1.83. The Morgan fingerprint density at radius 3 is 2.62 bits per heavy atom. The number of nitrogens with zero attached hydrogens (tertiary/aromatic N) is 2. The summed E-state index contributed by atoms with van der Waals surface area (Å²) < 4.78 is 57.0. The van der Waals surface area contributed by atoms with Crippen molar-refractivity contribution in [3.05, 3.63) is 16.4 Å². The minimum atomic E-state index is -4.14. The predicted molar refractivity (Wildman–Crippen MR) is 73.8 cm³/mol. The molecule has 0 radical (unpaired) electrons. The van der Waals surface area contributed by atoms with Gasteiger partial charge in [-0.3, -0.25) is 4.68 Å². The first-order valence-corrected chi connectivity index (χ1v) is 7.31. The average Bonchev–Trinajstić information content (AvgIpc) is 2.78. The Labute approximate surface area is 129 Å². The zero-order valence-corrected chi connectivity index (χ0v) is 13.3. The van der Waals surface area contributed by atoms with Gasteiger partial charge in [-0.25, -0.2) is 8.78 Å². The van der Waals surface area contributed by atoms with Gasteiger partial charge in [-0.15, -0.1) is 0 Å². The van der Waals surface area contributed by atoms with Crippen LogP contribution in [0.15, 0.2) is 10.7 Å². The molecule has 0 aliphatic rings.